The molecule has 0 atom stereocenters. The van der Waals surface area contributed by atoms with E-state index >= 15 is 0 Å². The summed E-state index contributed by atoms with van der Waals surface area (Å²) < 4.78 is 11.2. The van der Waals surface area contributed by atoms with Crippen LogP contribution in [0.3, 0.4) is 0 Å². The van der Waals surface area contributed by atoms with E-state index in [0.29, 0.717) is 13.2 Å². The number of carboxylic acids is 1. The molecule has 0 radical (unpaired) electrons. The van der Waals surface area contributed by atoms with Gasteiger partial charge in [0.1, 0.15) is 18.1 Å². The normalized spacial score (nSPS) is 10.2. The molecule has 4 nitrogen and oxygen atoms in total. The Bertz CT molecular complexity index is 634. The van der Waals surface area contributed by atoms with Crippen molar-refractivity contribution >= 4 is 5.97 Å². The molecule has 1 N–H and O–H groups in total. The monoisotopic (exact) mass is 286 g/mol. The Labute approximate surface area is 123 Å². The van der Waals surface area contributed by atoms with Crippen LogP contribution in [0.1, 0.15) is 28.4 Å². The number of aromatic carboxylic acids is 1. The highest BCUT2D eigenvalue weighted by Crippen LogP contribution is 2.21. The number of hydrogen-bond donors (Lipinski definition) is 1. The fraction of sp³-hybridized carbons (Fsp3) is 0.235. The summed E-state index contributed by atoms with van der Waals surface area (Å²) in [6, 6.07) is 12.5. The maximum atomic E-state index is 10.9. The van der Waals surface area contributed by atoms with Gasteiger partial charge in [0.05, 0.1) is 12.2 Å². The van der Waals surface area contributed by atoms with Crippen LogP contribution in [-0.4, -0.2) is 17.7 Å². The van der Waals surface area contributed by atoms with Crippen molar-refractivity contribution in [3.05, 3.63) is 59.2 Å². The van der Waals surface area contributed by atoms with Gasteiger partial charge >= 0.3 is 5.97 Å². The Hall–Kier alpha value is -2.49. The maximum Gasteiger partial charge on any atom is 0.335 e. The molecule has 0 heterocycles. The summed E-state index contributed by atoms with van der Waals surface area (Å²) >= 11 is 0. The Morgan fingerprint density at radius 1 is 1.10 bits per heavy atom. The molecule has 0 aliphatic carbocycles. The third-order valence-electron chi connectivity index (χ3n) is 3.10. The summed E-state index contributed by atoms with van der Waals surface area (Å²) in [7, 11) is 0. The van der Waals surface area contributed by atoms with Crippen LogP contribution in [0.5, 0.6) is 11.5 Å². The molecule has 0 aliphatic heterocycles. The van der Waals surface area contributed by atoms with E-state index in [-0.39, 0.29) is 5.56 Å². The van der Waals surface area contributed by atoms with Gasteiger partial charge in [0.25, 0.3) is 0 Å². The van der Waals surface area contributed by atoms with Gasteiger partial charge < -0.3 is 14.6 Å². The summed E-state index contributed by atoms with van der Waals surface area (Å²) in [6.45, 7) is 4.81. The van der Waals surface area contributed by atoms with E-state index < -0.39 is 5.97 Å². The number of benzene rings is 2. The molecule has 2 aromatic rings. The second-order valence-corrected chi connectivity index (χ2v) is 4.64. The lowest BCUT2D eigenvalue weighted by Gasteiger charge is -2.10. The molecule has 4 heteroatoms. The first-order valence-electron chi connectivity index (χ1n) is 6.78. The first kappa shape index (κ1) is 14.9. The van der Waals surface area contributed by atoms with Gasteiger partial charge in [0.15, 0.2) is 0 Å². The van der Waals surface area contributed by atoms with Crippen LogP contribution in [-0.2, 0) is 6.61 Å². The van der Waals surface area contributed by atoms with Crippen molar-refractivity contribution in [2.24, 2.45) is 0 Å². The number of carboxylic acid groups (broad SMARTS) is 1. The van der Waals surface area contributed by atoms with E-state index in [2.05, 4.69) is 0 Å². The molecule has 0 fully saturated rings. The molecule has 21 heavy (non-hydrogen) atoms. The van der Waals surface area contributed by atoms with Crippen molar-refractivity contribution in [3.63, 3.8) is 0 Å². The first-order chi connectivity index (χ1) is 10.1. The molecule has 2 rings (SSSR count). The van der Waals surface area contributed by atoms with Crippen LogP contribution in [0.2, 0.25) is 0 Å². The van der Waals surface area contributed by atoms with Crippen LogP contribution in [0.25, 0.3) is 0 Å². The standard InChI is InChI=1S/C17H18O4/c1-3-20-15-5-4-6-16(10-15)21-11-14-8-7-13(17(18)19)9-12(14)2/h4-10H,3,11H2,1-2H3,(H,18,19). The molecular formula is C17H18O4. The Morgan fingerprint density at radius 3 is 2.43 bits per heavy atom. The van der Waals surface area contributed by atoms with Gasteiger partial charge in [-0.2, -0.15) is 0 Å². The van der Waals surface area contributed by atoms with Crippen molar-refractivity contribution in [1.29, 1.82) is 0 Å². The molecule has 0 bridgehead atoms. The highest BCUT2D eigenvalue weighted by molar-refractivity contribution is 5.87. The van der Waals surface area contributed by atoms with E-state index in [1.54, 1.807) is 18.2 Å². The number of carbonyl (C=O) groups is 1. The van der Waals surface area contributed by atoms with Gasteiger partial charge in [-0.1, -0.05) is 12.1 Å². The second-order valence-electron chi connectivity index (χ2n) is 4.64. The Morgan fingerprint density at radius 2 is 1.81 bits per heavy atom. The summed E-state index contributed by atoms with van der Waals surface area (Å²) in [5.41, 5.74) is 2.15. The van der Waals surface area contributed by atoms with Gasteiger partial charge in [-0.15, -0.1) is 0 Å². The predicted octanol–water partition coefficient (Wildman–Crippen LogP) is 3.67. The number of hydrogen-bond acceptors (Lipinski definition) is 3. The molecule has 0 saturated heterocycles. The molecular weight excluding hydrogens is 268 g/mol. The summed E-state index contributed by atoms with van der Waals surface area (Å²) in [5.74, 6) is 0.575. The van der Waals surface area contributed by atoms with Crippen LogP contribution in [0.4, 0.5) is 0 Å². The zero-order valence-corrected chi connectivity index (χ0v) is 12.1. The summed E-state index contributed by atoms with van der Waals surface area (Å²) in [4.78, 5) is 10.9. The Balaban J connectivity index is 2.06. The van der Waals surface area contributed by atoms with Gasteiger partial charge in [-0.3, -0.25) is 0 Å². The number of rotatable bonds is 6. The van der Waals surface area contributed by atoms with Crippen LogP contribution in [0.15, 0.2) is 42.5 Å². The van der Waals surface area contributed by atoms with Crippen molar-refractivity contribution in [2.75, 3.05) is 6.61 Å². The lowest BCUT2D eigenvalue weighted by atomic mass is 10.1. The minimum atomic E-state index is -0.921. The lowest BCUT2D eigenvalue weighted by molar-refractivity contribution is 0.0696. The largest absolute Gasteiger partial charge is 0.494 e. The van der Waals surface area contributed by atoms with Gasteiger partial charge in [-0.25, -0.2) is 4.79 Å². The SMILES string of the molecule is CCOc1cccc(OCc2ccc(C(=O)O)cc2C)c1. The fourth-order valence-electron chi connectivity index (χ4n) is 1.97. The average Bonchev–Trinajstić information content (AvgIpc) is 2.46. The predicted molar refractivity (Wildman–Crippen MR) is 80.1 cm³/mol. The van der Waals surface area contributed by atoms with Crippen LogP contribution >= 0.6 is 0 Å². The van der Waals surface area contributed by atoms with E-state index in [0.717, 1.165) is 22.6 Å². The third-order valence-corrected chi connectivity index (χ3v) is 3.10. The molecule has 2 aromatic carbocycles. The molecule has 0 spiro atoms. The smallest absolute Gasteiger partial charge is 0.335 e. The quantitative estimate of drug-likeness (QED) is 0.880. The zero-order valence-electron chi connectivity index (χ0n) is 12.1. The maximum absolute atomic E-state index is 10.9. The minimum absolute atomic E-state index is 0.287. The van der Waals surface area contributed by atoms with Crippen molar-refractivity contribution in [3.8, 4) is 11.5 Å². The van der Waals surface area contributed by atoms with E-state index in [1.807, 2.05) is 38.1 Å². The Kier molecular flexibility index (Phi) is 4.82. The molecule has 0 amide bonds. The summed E-state index contributed by atoms with van der Waals surface area (Å²) in [5, 5.41) is 8.94. The fourth-order valence-corrected chi connectivity index (χ4v) is 1.97. The first-order valence-corrected chi connectivity index (χ1v) is 6.78. The molecule has 0 aliphatic rings. The van der Waals surface area contributed by atoms with Gasteiger partial charge in [-0.05, 0) is 49.2 Å². The van der Waals surface area contributed by atoms with Crippen LogP contribution in [0, 0.1) is 6.92 Å². The van der Waals surface area contributed by atoms with Crippen molar-refractivity contribution < 1.29 is 19.4 Å². The lowest BCUT2D eigenvalue weighted by Crippen LogP contribution is -2.02. The van der Waals surface area contributed by atoms with Crippen molar-refractivity contribution in [2.45, 2.75) is 20.5 Å². The van der Waals surface area contributed by atoms with E-state index in [1.165, 1.54) is 0 Å². The second kappa shape index (κ2) is 6.79. The van der Waals surface area contributed by atoms with E-state index in [9.17, 15) is 4.79 Å². The zero-order chi connectivity index (χ0) is 15.2. The van der Waals surface area contributed by atoms with Crippen molar-refractivity contribution in [1.82, 2.24) is 0 Å². The molecule has 0 saturated carbocycles. The third kappa shape index (κ3) is 3.99. The molecule has 0 unspecified atom stereocenters. The minimum Gasteiger partial charge on any atom is -0.494 e. The molecule has 0 aromatic heterocycles. The van der Waals surface area contributed by atoms with Gasteiger partial charge in [0, 0.05) is 6.07 Å². The average molecular weight is 286 g/mol. The highest BCUT2D eigenvalue weighted by Gasteiger charge is 2.06. The van der Waals surface area contributed by atoms with E-state index in [4.69, 9.17) is 14.6 Å². The molecule has 110 valence electrons. The number of aryl methyl sites for hydroxylation is 1. The van der Waals surface area contributed by atoms with Crippen LogP contribution < -0.4 is 9.47 Å². The van der Waals surface area contributed by atoms with Gasteiger partial charge in [0.2, 0.25) is 0 Å². The topological polar surface area (TPSA) is 55.8 Å². The summed E-state index contributed by atoms with van der Waals surface area (Å²) in [6.07, 6.45) is 0. The number of ether oxygens (including phenoxy) is 2. The highest BCUT2D eigenvalue weighted by atomic mass is 16.5.